The van der Waals surface area contributed by atoms with E-state index >= 15 is 0 Å². The fourth-order valence-electron chi connectivity index (χ4n) is 2.21. The Kier molecular flexibility index (Phi) is 3.06. The van der Waals surface area contributed by atoms with Gasteiger partial charge in [0.15, 0.2) is 5.65 Å². The number of aromatic nitrogens is 3. The molecule has 1 fully saturated rings. The lowest BCUT2D eigenvalue weighted by Crippen LogP contribution is -2.12. The average Bonchev–Trinajstić information content (AvgIpc) is 2.93. The Labute approximate surface area is 112 Å². The van der Waals surface area contributed by atoms with E-state index in [-0.39, 0.29) is 0 Å². The van der Waals surface area contributed by atoms with Gasteiger partial charge in [0.25, 0.3) is 0 Å². The summed E-state index contributed by atoms with van der Waals surface area (Å²) in [6, 6.07) is 2.27. The first-order valence-corrected chi connectivity index (χ1v) is 6.78. The highest BCUT2D eigenvalue weighted by Gasteiger charge is 2.23. The van der Waals surface area contributed by atoms with Crippen LogP contribution in [0.4, 0.5) is 0 Å². The third kappa shape index (κ3) is 1.96. The Morgan fingerprint density at radius 3 is 3.18 bits per heavy atom. The van der Waals surface area contributed by atoms with Crippen molar-refractivity contribution in [1.82, 2.24) is 14.5 Å². The van der Waals surface area contributed by atoms with Crippen molar-refractivity contribution in [3.63, 3.8) is 0 Å². The third-order valence-corrected chi connectivity index (χ3v) is 3.63. The minimum absolute atomic E-state index is 0.308. The maximum Gasteiger partial charge on any atom is 0.160 e. The molecule has 0 aliphatic carbocycles. The number of rotatable bonds is 2. The van der Waals surface area contributed by atoms with Crippen molar-refractivity contribution < 1.29 is 4.74 Å². The number of ether oxygens (including phenoxy) is 1. The second kappa shape index (κ2) is 4.55. The zero-order valence-corrected chi connectivity index (χ0v) is 11.4. The first-order chi connectivity index (χ1) is 8.29. The number of fused-ring (bicyclic) bond motifs is 1. The fourth-order valence-corrected chi connectivity index (χ4v) is 2.72. The van der Waals surface area contributed by atoms with Crippen LogP contribution in [0.3, 0.4) is 0 Å². The van der Waals surface area contributed by atoms with Crippen LogP contribution in [-0.2, 0) is 10.6 Å². The molecule has 3 heterocycles. The van der Waals surface area contributed by atoms with Gasteiger partial charge in [0.05, 0.1) is 18.5 Å². The molecular weight excluding hydrogens is 305 g/mol. The predicted molar refractivity (Wildman–Crippen MR) is 69.3 cm³/mol. The number of imidazole rings is 1. The molecule has 4 nitrogen and oxygen atoms in total. The van der Waals surface area contributed by atoms with Gasteiger partial charge in [-0.15, -0.1) is 11.6 Å². The monoisotopic (exact) mass is 315 g/mol. The summed E-state index contributed by atoms with van der Waals surface area (Å²) in [5.74, 6) is 1.26. The SMILES string of the molecule is ClCc1nc2cc(Br)cnc2n1C1CCOC1. The molecule has 17 heavy (non-hydrogen) atoms. The van der Waals surface area contributed by atoms with Crippen molar-refractivity contribution in [2.75, 3.05) is 13.2 Å². The number of halogens is 2. The predicted octanol–water partition coefficient (Wildman–Crippen LogP) is 2.89. The van der Waals surface area contributed by atoms with E-state index in [1.165, 1.54) is 0 Å². The van der Waals surface area contributed by atoms with Gasteiger partial charge in [-0.3, -0.25) is 0 Å². The number of hydrogen-bond donors (Lipinski definition) is 0. The van der Waals surface area contributed by atoms with Gasteiger partial charge in [-0.25, -0.2) is 9.97 Å². The molecule has 0 saturated carbocycles. The molecule has 90 valence electrons. The molecule has 1 unspecified atom stereocenters. The van der Waals surface area contributed by atoms with Crippen LogP contribution < -0.4 is 0 Å². The van der Waals surface area contributed by atoms with Crippen molar-refractivity contribution in [2.24, 2.45) is 0 Å². The molecule has 0 bridgehead atoms. The Morgan fingerprint density at radius 1 is 1.59 bits per heavy atom. The number of hydrogen-bond acceptors (Lipinski definition) is 3. The zero-order valence-electron chi connectivity index (χ0n) is 9.07. The summed E-state index contributed by atoms with van der Waals surface area (Å²) in [7, 11) is 0. The minimum Gasteiger partial charge on any atom is -0.379 e. The molecule has 1 aliphatic rings. The van der Waals surface area contributed by atoms with Gasteiger partial charge in [0, 0.05) is 17.3 Å². The molecule has 3 rings (SSSR count). The Balaban J connectivity index is 2.19. The highest BCUT2D eigenvalue weighted by atomic mass is 79.9. The van der Waals surface area contributed by atoms with E-state index in [1.54, 1.807) is 6.20 Å². The van der Waals surface area contributed by atoms with Crippen molar-refractivity contribution in [1.29, 1.82) is 0 Å². The molecule has 1 aliphatic heterocycles. The number of nitrogens with zero attached hydrogens (tertiary/aromatic N) is 3. The molecule has 0 N–H and O–H groups in total. The van der Waals surface area contributed by atoms with Crippen molar-refractivity contribution >= 4 is 38.7 Å². The van der Waals surface area contributed by atoms with Gasteiger partial charge in [-0.2, -0.15) is 0 Å². The summed E-state index contributed by atoms with van der Waals surface area (Å²) < 4.78 is 8.47. The summed E-state index contributed by atoms with van der Waals surface area (Å²) in [6.07, 6.45) is 2.78. The second-order valence-corrected chi connectivity index (χ2v) is 5.23. The maximum atomic E-state index is 5.96. The van der Waals surface area contributed by atoms with E-state index in [9.17, 15) is 0 Å². The van der Waals surface area contributed by atoms with Crippen molar-refractivity contribution in [2.45, 2.75) is 18.3 Å². The molecule has 0 aromatic carbocycles. The summed E-state index contributed by atoms with van der Waals surface area (Å²) in [6.45, 7) is 1.51. The van der Waals surface area contributed by atoms with E-state index in [1.807, 2.05) is 6.07 Å². The first-order valence-electron chi connectivity index (χ1n) is 5.45. The lowest BCUT2D eigenvalue weighted by molar-refractivity contribution is 0.186. The van der Waals surface area contributed by atoms with Crippen LogP contribution in [0.15, 0.2) is 16.7 Å². The van der Waals surface area contributed by atoms with Crippen LogP contribution in [0.25, 0.3) is 11.2 Å². The lowest BCUT2D eigenvalue weighted by Gasteiger charge is -2.12. The van der Waals surface area contributed by atoms with Crippen LogP contribution in [0, 0.1) is 0 Å². The fraction of sp³-hybridized carbons (Fsp3) is 0.455. The van der Waals surface area contributed by atoms with Crippen LogP contribution in [0.2, 0.25) is 0 Å². The zero-order chi connectivity index (χ0) is 11.8. The average molecular weight is 317 g/mol. The normalized spacial score (nSPS) is 20.2. The molecule has 0 amide bonds. The molecule has 6 heteroatoms. The third-order valence-electron chi connectivity index (χ3n) is 2.96. The Bertz CT molecular complexity index is 551. The molecule has 2 aromatic rings. The smallest absolute Gasteiger partial charge is 0.160 e. The highest BCUT2D eigenvalue weighted by molar-refractivity contribution is 9.10. The van der Waals surface area contributed by atoms with E-state index < -0.39 is 0 Å². The van der Waals surface area contributed by atoms with Gasteiger partial charge in [-0.05, 0) is 28.4 Å². The number of pyridine rings is 1. The van der Waals surface area contributed by atoms with Gasteiger partial charge < -0.3 is 9.30 Å². The second-order valence-electron chi connectivity index (χ2n) is 4.05. The summed E-state index contributed by atoms with van der Waals surface area (Å²) in [5.41, 5.74) is 1.77. The van der Waals surface area contributed by atoms with Crippen LogP contribution >= 0.6 is 27.5 Å². The standard InChI is InChI=1S/C11H11BrClN3O/c12-7-3-9-11(14-5-7)16(10(4-13)15-9)8-1-2-17-6-8/h3,5,8H,1-2,4,6H2. The molecule has 2 aromatic heterocycles. The lowest BCUT2D eigenvalue weighted by atomic mass is 10.2. The summed E-state index contributed by atoms with van der Waals surface area (Å²) in [4.78, 5) is 8.95. The molecular formula is C11H11BrClN3O. The quantitative estimate of drug-likeness (QED) is 0.800. The number of alkyl halides is 1. The molecule has 1 atom stereocenters. The van der Waals surface area contributed by atoms with Gasteiger partial charge in [-0.1, -0.05) is 0 Å². The topological polar surface area (TPSA) is 39.9 Å². The summed E-state index contributed by atoms with van der Waals surface area (Å²) >= 11 is 9.36. The van der Waals surface area contributed by atoms with Gasteiger partial charge in [0.1, 0.15) is 11.3 Å². The van der Waals surface area contributed by atoms with E-state index in [0.717, 1.165) is 34.5 Å². The van der Waals surface area contributed by atoms with Crippen molar-refractivity contribution in [3.8, 4) is 0 Å². The van der Waals surface area contributed by atoms with Crippen LogP contribution in [0.1, 0.15) is 18.3 Å². The maximum absolute atomic E-state index is 5.96. The van der Waals surface area contributed by atoms with Gasteiger partial charge >= 0.3 is 0 Å². The largest absolute Gasteiger partial charge is 0.379 e. The highest BCUT2D eigenvalue weighted by Crippen LogP contribution is 2.27. The van der Waals surface area contributed by atoms with Gasteiger partial charge in [0.2, 0.25) is 0 Å². The van der Waals surface area contributed by atoms with Crippen molar-refractivity contribution in [3.05, 3.63) is 22.6 Å². The first kappa shape index (κ1) is 11.4. The Morgan fingerprint density at radius 2 is 2.47 bits per heavy atom. The summed E-state index contributed by atoms with van der Waals surface area (Å²) in [5, 5.41) is 0. The molecule has 0 spiro atoms. The minimum atomic E-state index is 0.308. The molecule has 0 radical (unpaired) electrons. The van der Waals surface area contributed by atoms with Crippen LogP contribution in [0.5, 0.6) is 0 Å². The van der Waals surface area contributed by atoms with Crippen LogP contribution in [-0.4, -0.2) is 27.7 Å². The van der Waals surface area contributed by atoms with E-state index in [0.29, 0.717) is 18.5 Å². The van der Waals surface area contributed by atoms with E-state index in [2.05, 4.69) is 30.5 Å². The van der Waals surface area contributed by atoms with E-state index in [4.69, 9.17) is 16.3 Å². The Hall–Kier alpha value is -0.650. The molecule has 1 saturated heterocycles.